The highest BCUT2D eigenvalue weighted by atomic mass is 127. The molecule has 3 rings (SSSR count). The van der Waals surface area contributed by atoms with Gasteiger partial charge in [0.2, 0.25) is 0 Å². The number of ether oxygens (including phenoxy) is 1. The Kier molecular flexibility index (Phi) is 8.15. The molecule has 5 heteroatoms. The van der Waals surface area contributed by atoms with Gasteiger partial charge in [0, 0.05) is 39.5 Å². The summed E-state index contributed by atoms with van der Waals surface area (Å²) in [5, 5.41) is 3.52. The number of nitrogens with zero attached hydrogens (tertiary/aromatic N) is 2. The number of likely N-dealkylation sites (tertiary alicyclic amines) is 1. The predicted octanol–water partition coefficient (Wildman–Crippen LogP) is 3.91. The van der Waals surface area contributed by atoms with Gasteiger partial charge in [-0.3, -0.25) is 4.99 Å². The molecule has 0 atom stereocenters. The lowest BCUT2D eigenvalue weighted by Crippen LogP contribution is -2.47. The number of rotatable bonds is 6. The van der Waals surface area contributed by atoms with Crippen molar-refractivity contribution in [1.29, 1.82) is 0 Å². The monoisotopic (exact) mass is 443 g/mol. The summed E-state index contributed by atoms with van der Waals surface area (Å²) in [5.74, 6) is 3.05. The third kappa shape index (κ3) is 6.15. The summed E-state index contributed by atoms with van der Waals surface area (Å²) in [5.41, 5.74) is 0. The molecule has 1 N–H and O–H groups in total. The average molecular weight is 443 g/mol. The summed E-state index contributed by atoms with van der Waals surface area (Å²) in [6.45, 7) is 3.07. The summed E-state index contributed by atoms with van der Waals surface area (Å²) < 4.78 is 6.06. The van der Waals surface area contributed by atoms with Gasteiger partial charge in [-0.2, -0.15) is 0 Å². The third-order valence-electron chi connectivity index (χ3n) is 4.77. The highest BCUT2D eigenvalue weighted by Crippen LogP contribution is 2.33. The van der Waals surface area contributed by atoms with E-state index in [0.29, 0.717) is 6.10 Å². The van der Waals surface area contributed by atoms with Crippen molar-refractivity contribution in [1.82, 2.24) is 10.2 Å². The molecule has 1 saturated heterocycles. The maximum Gasteiger partial charge on any atom is 0.193 e. The van der Waals surface area contributed by atoms with Crippen LogP contribution in [-0.4, -0.2) is 43.6 Å². The average Bonchev–Trinajstić information content (AvgIpc) is 3.41. The van der Waals surface area contributed by atoms with Gasteiger partial charge < -0.3 is 15.0 Å². The second-order valence-electron chi connectivity index (χ2n) is 6.68. The van der Waals surface area contributed by atoms with Crippen molar-refractivity contribution >= 4 is 29.9 Å². The highest BCUT2D eigenvalue weighted by molar-refractivity contribution is 14.0. The van der Waals surface area contributed by atoms with Crippen molar-refractivity contribution in [3.8, 4) is 5.75 Å². The minimum atomic E-state index is 0. The fourth-order valence-electron chi connectivity index (χ4n) is 3.21. The predicted molar refractivity (Wildman–Crippen MR) is 110 cm³/mol. The number of hydrogen-bond donors (Lipinski definition) is 1. The van der Waals surface area contributed by atoms with E-state index in [0.717, 1.165) is 50.1 Å². The van der Waals surface area contributed by atoms with Gasteiger partial charge in [-0.25, -0.2) is 0 Å². The van der Waals surface area contributed by atoms with Crippen LogP contribution in [-0.2, 0) is 0 Å². The number of nitrogens with one attached hydrogen (secondary N) is 1. The molecular weight excluding hydrogens is 413 g/mol. The molecule has 2 fully saturated rings. The third-order valence-corrected chi connectivity index (χ3v) is 4.77. The van der Waals surface area contributed by atoms with Crippen LogP contribution >= 0.6 is 24.0 Å². The molecule has 1 aliphatic carbocycles. The molecule has 1 saturated carbocycles. The van der Waals surface area contributed by atoms with Crippen molar-refractivity contribution in [3.63, 3.8) is 0 Å². The molecule has 1 heterocycles. The first-order valence-electron chi connectivity index (χ1n) is 9.02. The number of hydrogen-bond acceptors (Lipinski definition) is 2. The van der Waals surface area contributed by atoms with E-state index < -0.39 is 0 Å². The summed E-state index contributed by atoms with van der Waals surface area (Å²) in [7, 11) is 1.88. The van der Waals surface area contributed by atoms with Crippen LogP contribution in [0.3, 0.4) is 0 Å². The van der Waals surface area contributed by atoms with Gasteiger partial charge in [-0.05, 0) is 30.9 Å². The first kappa shape index (κ1) is 19.3. The molecule has 0 unspecified atom stereocenters. The van der Waals surface area contributed by atoms with Crippen molar-refractivity contribution in [2.75, 3.05) is 26.7 Å². The van der Waals surface area contributed by atoms with Gasteiger partial charge in [0.1, 0.15) is 11.9 Å². The maximum absolute atomic E-state index is 6.06. The van der Waals surface area contributed by atoms with Crippen molar-refractivity contribution in [3.05, 3.63) is 30.3 Å². The molecule has 0 radical (unpaired) electrons. The SMILES string of the molecule is CN=C(NCCCC1CC1)N1CCC(Oc2ccccc2)CC1.I. The van der Waals surface area contributed by atoms with Crippen molar-refractivity contribution in [2.24, 2.45) is 10.9 Å². The Balaban J connectivity index is 0.00000208. The van der Waals surface area contributed by atoms with Crippen LogP contribution in [0, 0.1) is 5.92 Å². The van der Waals surface area contributed by atoms with Crippen LogP contribution in [0.5, 0.6) is 5.75 Å². The topological polar surface area (TPSA) is 36.9 Å². The molecule has 1 aliphatic heterocycles. The zero-order chi connectivity index (χ0) is 15.9. The van der Waals surface area contributed by atoms with Crippen molar-refractivity contribution < 1.29 is 4.74 Å². The summed E-state index contributed by atoms with van der Waals surface area (Å²) >= 11 is 0. The second kappa shape index (κ2) is 10.1. The molecular formula is C19H30IN3O. The van der Waals surface area contributed by atoms with Crippen LogP contribution in [0.2, 0.25) is 0 Å². The van der Waals surface area contributed by atoms with E-state index in [2.05, 4.69) is 15.2 Å². The summed E-state index contributed by atoms with van der Waals surface area (Å²) in [6, 6.07) is 10.1. The van der Waals surface area contributed by atoms with Crippen LogP contribution in [0.15, 0.2) is 35.3 Å². The first-order valence-corrected chi connectivity index (χ1v) is 9.02. The van der Waals surface area contributed by atoms with Crippen LogP contribution < -0.4 is 10.1 Å². The molecule has 24 heavy (non-hydrogen) atoms. The van der Waals surface area contributed by atoms with Crippen molar-refractivity contribution in [2.45, 2.75) is 44.6 Å². The normalized spacial score (nSPS) is 18.9. The fourth-order valence-corrected chi connectivity index (χ4v) is 3.21. The van der Waals surface area contributed by atoms with E-state index >= 15 is 0 Å². The van der Waals surface area contributed by atoms with Crippen LogP contribution in [0.1, 0.15) is 38.5 Å². The molecule has 0 bridgehead atoms. The number of aliphatic imine (C=N–C) groups is 1. The van der Waals surface area contributed by atoms with E-state index in [1.54, 1.807) is 0 Å². The number of guanidine groups is 1. The smallest absolute Gasteiger partial charge is 0.193 e. The molecule has 2 aliphatic rings. The Morgan fingerprint density at radius 1 is 1.17 bits per heavy atom. The van der Waals surface area contributed by atoms with Crippen LogP contribution in [0.4, 0.5) is 0 Å². The van der Waals surface area contributed by atoms with E-state index in [4.69, 9.17) is 4.74 Å². The fraction of sp³-hybridized carbons (Fsp3) is 0.632. The number of piperidine rings is 1. The number of para-hydroxylation sites is 1. The van der Waals surface area contributed by atoms with Gasteiger partial charge in [0.15, 0.2) is 5.96 Å². The maximum atomic E-state index is 6.06. The largest absolute Gasteiger partial charge is 0.490 e. The Hall–Kier alpha value is -0.980. The summed E-state index contributed by atoms with van der Waals surface area (Å²) in [6.07, 6.45) is 7.96. The van der Waals surface area contributed by atoms with Gasteiger partial charge in [0.25, 0.3) is 0 Å². The van der Waals surface area contributed by atoms with Gasteiger partial charge in [0.05, 0.1) is 0 Å². The van der Waals surface area contributed by atoms with Crippen LogP contribution in [0.25, 0.3) is 0 Å². The minimum Gasteiger partial charge on any atom is -0.490 e. The Morgan fingerprint density at radius 3 is 2.50 bits per heavy atom. The van der Waals surface area contributed by atoms with Gasteiger partial charge >= 0.3 is 0 Å². The molecule has 0 amide bonds. The summed E-state index contributed by atoms with van der Waals surface area (Å²) in [4.78, 5) is 6.81. The zero-order valence-electron chi connectivity index (χ0n) is 14.6. The molecule has 134 valence electrons. The lowest BCUT2D eigenvalue weighted by atomic mass is 10.1. The Labute approximate surface area is 163 Å². The second-order valence-corrected chi connectivity index (χ2v) is 6.68. The van der Waals surface area contributed by atoms with E-state index in [-0.39, 0.29) is 24.0 Å². The Morgan fingerprint density at radius 2 is 1.88 bits per heavy atom. The number of benzene rings is 1. The van der Waals surface area contributed by atoms with Gasteiger partial charge in [-0.15, -0.1) is 24.0 Å². The molecule has 4 nitrogen and oxygen atoms in total. The Bertz CT molecular complexity index is 497. The van der Waals surface area contributed by atoms with E-state index in [9.17, 15) is 0 Å². The molecule has 1 aromatic carbocycles. The standard InChI is InChI=1S/C19H29N3O.HI/c1-20-19(21-13-5-6-16-9-10-16)22-14-11-18(12-15-22)23-17-7-3-2-4-8-17;/h2-4,7-8,16,18H,5-6,9-15H2,1H3,(H,20,21);1H. The molecule has 1 aromatic rings. The molecule has 0 aromatic heterocycles. The van der Waals surface area contributed by atoms with Gasteiger partial charge in [-0.1, -0.05) is 31.0 Å². The first-order chi connectivity index (χ1) is 11.3. The number of halogens is 1. The minimum absolute atomic E-state index is 0. The zero-order valence-corrected chi connectivity index (χ0v) is 16.9. The lowest BCUT2D eigenvalue weighted by Gasteiger charge is -2.34. The lowest BCUT2D eigenvalue weighted by molar-refractivity contribution is 0.129. The molecule has 0 spiro atoms. The highest BCUT2D eigenvalue weighted by Gasteiger charge is 2.23. The quantitative estimate of drug-likeness (QED) is 0.314. The van der Waals surface area contributed by atoms with E-state index in [1.165, 1.54) is 25.7 Å². The van der Waals surface area contributed by atoms with E-state index in [1.807, 2.05) is 37.4 Å².